The van der Waals surface area contributed by atoms with Gasteiger partial charge in [-0.2, -0.15) is 9.97 Å². The first-order valence-corrected chi connectivity index (χ1v) is 12.2. The van der Waals surface area contributed by atoms with Crippen molar-refractivity contribution >= 4 is 23.3 Å². The van der Waals surface area contributed by atoms with Crippen LogP contribution in [0.5, 0.6) is 0 Å². The van der Waals surface area contributed by atoms with E-state index in [0.29, 0.717) is 0 Å². The molecule has 9 heteroatoms. The van der Waals surface area contributed by atoms with Crippen LogP contribution in [0.15, 0.2) is 30.3 Å². The van der Waals surface area contributed by atoms with Gasteiger partial charge >= 0.3 is 0 Å². The molecule has 3 aliphatic rings. The van der Waals surface area contributed by atoms with Crippen molar-refractivity contribution < 1.29 is 9.47 Å². The summed E-state index contributed by atoms with van der Waals surface area (Å²) >= 11 is 0. The van der Waals surface area contributed by atoms with Crippen molar-refractivity contribution in [3.63, 3.8) is 0 Å². The minimum Gasteiger partial charge on any atom is -0.379 e. The lowest BCUT2D eigenvalue weighted by atomic mass is 10.0. The van der Waals surface area contributed by atoms with E-state index < -0.39 is 0 Å². The fourth-order valence-electron chi connectivity index (χ4n) is 4.81. The summed E-state index contributed by atoms with van der Waals surface area (Å²) in [5.41, 5.74) is 2.31. The molecule has 33 heavy (non-hydrogen) atoms. The van der Waals surface area contributed by atoms with E-state index in [0.717, 1.165) is 102 Å². The third-order valence-electron chi connectivity index (χ3n) is 6.52. The lowest BCUT2D eigenvalue weighted by Gasteiger charge is -2.39. The SMILES string of the molecule is CCNc1c(N2CCOCC2)nc(N2CCNCC2c2ccccc2)nc1N1CCOCC1. The highest BCUT2D eigenvalue weighted by molar-refractivity contribution is 5.80. The number of nitrogens with zero attached hydrogens (tertiary/aromatic N) is 5. The summed E-state index contributed by atoms with van der Waals surface area (Å²) in [5.74, 6) is 2.77. The summed E-state index contributed by atoms with van der Waals surface area (Å²) in [6, 6.07) is 10.9. The van der Waals surface area contributed by atoms with Gasteiger partial charge in [-0.25, -0.2) is 0 Å². The third-order valence-corrected chi connectivity index (χ3v) is 6.52. The number of morpholine rings is 2. The second-order valence-electron chi connectivity index (χ2n) is 8.60. The Labute approximate surface area is 196 Å². The van der Waals surface area contributed by atoms with Crippen LogP contribution in [0.4, 0.5) is 23.3 Å². The predicted octanol–water partition coefficient (Wildman–Crippen LogP) is 1.73. The Morgan fingerprint density at radius 2 is 1.52 bits per heavy atom. The molecule has 5 rings (SSSR count). The molecule has 9 nitrogen and oxygen atoms in total. The molecule has 0 radical (unpaired) electrons. The average molecular weight is 454 g/mol. The van der Waals surface area contributed by atoms with E-state index >= 15 is 0 Å². The number of hydrogen-bond acceptors (Lipinski definition) is 9. The highest BCUT2D eigenvalue weighted by Crippen LogP contribution is 2.37. The van der Waals surface area contributed by atoms with Crippen LogP contribution in [0.2, 0.25) is 0 Å². The van der Waals surface area contributed by atoms with Gasteiger partial charge in [0.2, 0.25) is 5.95 Å². The van der Waals surface area contributed by atoms with Crippen LogP contribution in [-0.4, -0.2) is 88.8 Å². The highest BCUT2D eigenvalue weighted by atomic mass is 16.5. The van der Waals surface area contributed by atoms with E-state index in [1.165, 1.54) is 5.56 Å². The molecule has 3 saturated heterocycles. The van der Waals surface area contributed by atoms with Gasteiger partial charge in [-0.15, -0.1) is 0 Å². The molecule has 1 atom stereocenters. The number of aromatic nitrogens is 2. The summed E-state index contributed by atoms with van der Waals surface area (Å²) in [4.78, 5) is 17.5. The van der Waals surface area contributed by atoms with E-state index in [4.69, 9.17) is 19.4 Å². The van der Waals surface area contributed by atoms with Crippen molar-refractivity contribution in [1.29, 1.82) is 0 Å². The zero-order valence-electron chi connectivity index (χ0n) is 19.5. The Bertz CT molecular complexity index is 862. The molecule has 4 heterocycles. The van der Waals surface area contributed by atoms with E-state index in [1.54, 1.807) is 0 Å². The van der Waals surface area contributed by atoms with Gasteiger partial charge in [-0.05, 0) is 12.5 Å². The van der Waals surface area contributed by atoms with Gasteiger partial charge in [-0.3, -0.25) is 0 Å². The lowest BCUT2D eigenvalue weighted by Crippen LogP contribution is -2.47. The van der Waals surface area contributed by atoms with Crippen molar-refractivity contribution in [1.82, 2.24) is 15.3 Å². The summed E-state index contributed by atoms with van der Waals surface area (Å²) in [6.45, 7) is 11.8. The average Bonchev–Trinajstić information content (AvgIpc) is 2.90. The molecule has 3 aliphatic heterocycles. The van der Waals surface area contributed by atoms with Crippen molar-refractivity contribution in [2.24, 2.45) is 0 Å². The van der Waals surface area contributed by atoms with E-state index in [9.17, 15) is 0 Å². The quantitative estimate of drug-likeness (QED) is 0.680. The zero-order valence-corrected chi connectivity index (χ0v) is 19.5. The highest BCUT2D eigenvalue weighted by Gasteiger charge is 2.31. The van der Waals surface area contributed by atoms with Crippen molar-refractivity contribution in [2.45, 2.75) is 13.0 Å². The molecule has 0 saturated carbocycles. The standard InChI is InChI=1S/C24H35N7O2/c1-2-26-21-22(29-10-14-32-15-11-29)27-24(28-23(21)30-12-16-33-17-13-30)31-9-8-25-18-20(31)19-6-4-3-5-7-19/h3-7,20,25-26H,2,8-18H2,1H3. The van der Waals surface area contributed by atoms with Crippen molar-refractivity contribution in [3.8, 4) is 0 Å². The second-order valence-corrected chi connectivity index (χ2v) is 8.60. The van der Waals surface area contributed by atoms with Gasteiger partial charge < -0.3 is 34.8 Å². The van der Waals surface area contributed by atoms with Gasteiger partial charge in [0.1, 0.15) is 5.69 Å². The van der Waals surface area contributed by atoms with Crippen LogP contribution in [0.3, 0.4) is 0 Å². The molecular weight excluding hydrogens is 418 g/mol. The molecule has 1 unspecified atom stereocenters. The predicted molar refractivity (Wildman–Crippen MR) is 132 cm³/mol. The first-order valence-electron chi connectivity index (χ1n) is 12.2. The third kappa shape index (κ3) is 4.85. The molecule has 0 bridgehead atoms. The Morgan fingerprint density at radius 3 is 2.09 bits per heavy atom. The largest absolute Gasteiger partial charge is 0.379 e. The molecule has 1 aromatic carbocycles. The Morgan fingerprint density at radius 1 is 0.909 bits per heavy atom. The Balaban J connectivity index is 1.59. The van der Waals surface area contributed by atoms with E-state index in [-0.39, 0.29) is 6.04 Å². The maximum absolute atomic E-state index is 5.64. The van der Waals surface area contributed by atoms with Gasteiger partial charge in [0, 0.05) is 52.4 Å². The van der Waals surface area contributed by atoms with Crippen molar-refractivity contribution in [2.75, 3.05) is 98.8 Å². The minimum atomic E-state index is 0.194. The molecule has 178 valence electrons. The fraction of sp³-hybridized carbons (Fsp3) is 0.583. The summed E-state index contributed by atoms with van der Waals surface area (Å²) in [6.07, 6.45) is 0. The molecule has 0 amide bonds. The van der Waals surface area contributed by atoms with Crippen LogP contribution >= 0.6 is 0 Å². The van der Waals surface area contributed by atoms with Gasteiger partial charge in [0.05, 0.1) is 32.5 Å². The van der Waals surface area contributed by atoms with Crippen molar-refractivity contribution in [3.05, 3.63) is 35.9 Å². The first kappa shape index (κ1) is 22.2. The number of nitrogens with one attached hydrogen (secondary N) is 2. The monoisotopic (exact) mass is 453 g/mol. The summed E-state index contributed by atoms with van der Waals surface area (Å²) in [5, 5.41) is 7.15. The number of anilines is 4. The number of rotatable bonds is 6. The number of hydrogen-bond donors (Lipinski definition) is 2. The maximum Gasteiger partial charge on any atom is 0.230 e. The fourth-order valence-corrected chi connectivity index (χ4v) is 4.81. The molecule has 3 fully saturated rings. The van der Waals surface area contributed by atoms with Crippen LogP contribution in [-0.2, 0) is 9.47 Å². The van der Waals surface area contributed by atoms with E-state index in [1.807, 2.05) is 0 Å². The zero-order chi connectivity index (χ0) is 22.5. The maximum atomic E-state index is 5.64. The lowest BCUT2D eigenvalue weighted by molar-refractivity contribution is 0.122. The van der Waals surface area contributed by atoms with Gasteiger partial charge in [-0.1, -0.05) is 30.3 Å². The molecule has 2 N–H and O–H groups in total. The smallest absolute Gasteiger partial charge is 0.230 e. The molecular formula is C24H35N7O2. The summed E-state index contributed by atoms with van der Waals surface area (Å²) in [7, 11) is 0. The number of ether oxygens (including phenoxy) is 2. The van der Waals surface area contributed by atoms with Crippen LogP contribution in [0.25, 0.3) is 0 Å². The molecule has 0 spiro atoms. The van der Waals surface area contributed by atoms with Crippen LogP contribution in [0, 0.1) is 0 Å². The number of piperazine rings is 1. The normalized spacial score (nSPS) is 21.8. The number of benzene rings is 1. The molecule has 2 aromatic rings. The molecule has 1 aromatic heterocycles. The topological polar surface area (TPSA) is 78.0 Å². The second kappa shape index (κ2) is 10.5. The summed E-state index contributed by atoms with van der Waals surface area (Å²) < 4.78 is 11.3. The minimum absolute atomic E-state index is 0.194. The van der Waals surface area contributed by atoms with Gasteiger partial charge in [0.25, 0.3) is 0 Å². The van der Waals surface area contributed by atoms with Crippen LogP contribution < -0.4 is 25.3 Å². The van der Waals surface area contributed by atoms with E-state index in [2.05, 4.69) is 62.6 Å². The van der Waals surface area contributed by atoms with Gasteiger partial charge in [0.15, 0.2) is 11.6 Å². The Kier molecular flexibility index (Phi) is 7.09. The Hall–Kier alpha value is -2.62. The first-order chi connectivity index (χ1) is 16.3. The van der Waals surface area contributed by atoms with Crippen LogP contribution in [0.1, 0.15) is 18.5 Å². The molecule has 0 aliphatic carbocycles.